The number of nitrogens with zero attached hydrogens (tertiary/aromatic N) is 3. The number of ether oxygens (including phenoxy) is 2. The van der Waals surface area contributed by atoms with Crippen molar-refractivity contribution in [1.29, 1.82) is 0 Å². The lowest BCUT2D eigenvalue weighted by Gasteiger charge is -2.26. The van der Waals surface area contributed by atoms with E-state index in [4.69, 9.17) is 9.47 Å². The summed E-state index contributed by atoms with van der Waals surface area (Å²) < 4.78 is 10.5. The van der Waals surface area contributed by atoms with Gasteiger partial charge in [0.15, 0.2) is 0 Å². The zero-order chi connectivity index (χ0) is 16.8. The van der Waals surface area contributed by atoms with Crippen molar-refractivity contribution in [2.75, 3.05) is 48.9 Å². The number of hydrogen-bond donors (Lipinski definition) is 2. The lowest BCUT2D eigenvalue weighted by Crippen LogP contribution is -2.37. The van der Waals surface area contributed by atoms with Gasteiger partial charge in [0, 0.05) is 13.1 Å². The van der Waals surface area contributed by atoms with Crippen LogP contribution in [0.1, 0.15) is 0 Å². The second kappa shape index (κ2) is 7.60. The number of anilines is 3. The SMILES string of the molecule is COc1ccccc1NC(=O)Nc1cnc(N2CCOCC2)nc1. The number of nitrogens with one attached hydrogen (secondary N) is 2. The largest absolute Gasteiger partial charge is 0.495 e. The minimum absolute atomic E-state index is 0.387. The molecule has 126 valence electrons. The molecule has 1 fully saturated rings. The number of hydrogen-bond acceptors (Lipinski definition) is 6. The monoisotopic (exact) mass is 329 g/mol. The van der Waals surface area contributed by atoms with Crippen LogP contribution in [-0.4, -0.2) is 49.4 Å². The van der Waals surface area contributed by atoms with E-state index in [1.807, 2.05) is 17.0 Å². The maximum atomic E-state index is 12.1. The van der Waals surface area contributed by atoms with Gasteiger partial charge in [0.05, 0.1) is 44.1 Å². The Bertz CT molecular complexity index is 686. The highest BCUT2D eigenvalue weighted by atomic mass is 16.5. The van der Waals surface area contributed by atoms with E-state index >= 15 is 0 Å². The summed E-state index contributed by atoms with van der Waals surface area (Å²) in [4.78, 5) is 22.7. The van der Waals surface area contributed by atoms with Crippen molar-refractivity contribution in [3.63, 3.8) is 0 Å². The van der Waals surface area contributed by atoms with E-state index in [1.54, 1.807) is 31.6 Å². The number of aromatic nitrogens is 2. The van der Waals surface area contributed by atoms with Crippen LogP contribution >= 0.6 is 0 Å². The minimum atomic E-state index is -0.387. The Balaban J connectivity index is 1.60. The molecular formula is C16H19N5O3. The van der Waals surface area contributed by atoms with Gasteiger partial charge in [-0.1, -0.05) is 12.1 Å². The minimum Gasteiger partial charge on any atom is -0.495 e. The molecule has 0 bridgehead atoms. The second-order valence-electron chi connectivity index (χ2n) is 5.15. The molecule has 1 saturated heterocycles. The van der Waals surface area contributed by atoms with Gasteiger partial charge in [0.25, 0.3) is 0 Å². The number of benzene rings is 1. The maximum absolute atomic E-state index is 12.1. The van der Waals surface area contributed by atoms with Crippen molar-refractivity contribution >= 4 is 23.4 Å². The fourth-order valence-electron chi connectivity index (χ4n) is 2.34. The summed E-state index contributed by atoms with van der Waals surface area (Å²) >= 11 is 0. The first kappa shape index (κ1) is 16.0. The number of morpholine rings is 1. The first-order valence-corrected chi connectivity index (χ1v) is 7.62. The maximum Gasteiger partial charge on any atom is 0.323 e. The molecule has 1 aliphatic rings. The summed E-state index contributed by atoms with van der Waals surface area (Å²) in [5, 5.41) is 5.43. The second-order valence-corrected chi connectivity index (χ2v) is 5.15. The molecule has 24 heavy (non-hydrogen) atoms. The Hall–Kier alpha value is -2.87. The number of urea groups is 1. The molecule has 1 aliphatic heterocycles. The van der Waals surface area contributed by atoms with E-state index in [0.717, 1.165) is 13.1 Å². The standard InChI is InChI=1S/C16H19N5O3/c1-23-14-5-3-2-4-13(14)20-16(22)19-12-10-17-15(18-11-12)21-6-8-24-9-7-21/h2-5,10-11H,6-9H2,1H3,(H2,19,20,22). The fourth-order valence-corrected chi connectivity index (χ4v) is 2.34. The third kappa shape index (κ3) is 3.90. The van der Waals surface area contributed by atoms with Gasteiger partial charge in [0.1, 0.15) is 5.75 Å². The Morgan fingerprint density at radius 3 is 2.58 bits per heavy atom. The number of para-hydroxylation sites is 2. The molecule has 0 radical (unpaired) electrons. The molecule has 0 unspecified atom stereocenters. The molecular weight excluding hydrogens is 310 g/mol. The molecule has 0 spiro atoms. The number of carbonyl (C=O) groups is 1. The lowest BCUT2D eigenvalue weighted by atomic mass is 10.3. The van der Waals surface area contributed by atoms with Crippen LogP contribution in [0.25, 0.3) is 0 Å². The van der Waals surface area contributed by atoms with Gasteiger partial charge in [-0.3, -0.25) is 0 Å². The van der Waals surface area contributed by atoms with Crippen LogP contribution in [0.2, 0.25) is 0 Å². The van der Waals surface area contributed by atoms with Gasteiger partial charge in [-0.15, -0.1) is 0 Å². The highest BCUT2D eigenvalue weighted by molar-refractivity contribution is 6.00. The van der Waals surface area contributed by atoms with E-state index in [-0.39, 0.29) is 6.03 Å². The summed E-state index contributed by atoms with van der Waals surface area (Å²) in [7, 11) is 1.55. The van der Waals surface area contributed by atoms with Crippen molar-refractivity contribution in [2.45, 2.75) is 0 Å². The third-order valence-electron chi connectivity index (χ3n) is 3.55. The third-order valence-corrected chi connectivity index (χ3v) is 3.55. The van der Waals surface area contributed by atoms with Crippen LogP contribution in [0.4, 0.5) is 22.1 Å². The van der Waals surface area contributed by atoms with E-state index in [2.05, 4.69) is 20.6 Å². The van der Waals surface area contributed by atoms with Crippen LogP contribution < -0.4 is 20.3 Å². The summed E-state index contributed by atoms with van der Waals surface area (Å²) in [6.45, 7) is 2.87. The Morgan fingerprint density at radius 1 is 1.17 bits per heavy atom. The van der Waals surface area contributed by atoms with Crippen LogP contribution in [0.5, 0.6) is 5.75 Å². The van der Waals surface area contributed by atoms with Crippen molar-refractivity contribution in [3.05, 3.63) is 36.7 Å². The molecule has 2 amide bonds. The molecule has 8 heteroatoms. The number of methoxy groups -OCH3 is 1. The summed E-state index contributed by atoms with van der Waals surface area (Å²) in [5.41, 5.74) is 1.10. The quantitative estimate of drug-likeness (QED) is 0.891. The summed E-state index contributed by atoms with van der Waals surface area (Å²) in [5.74, 6) is 1.22. The fraction of sp³-hybridized carbons (Fsp3) is 0.312. The molecule has 0 atom stereocenters. The first-order chi connectivity index (χ1) is 11.8. The number of rotatable bonds is 4. The molecule has 8 nitrogen and oxygen atoms in total. The molecule has 0 aliphatic carbocycles. The highest BCUT2D eigenvalue weighted by Crippen LogP contribution is 2.23. The van der Waals surface area contributed by atoms with Gasteiger partial charge in [-0.2, -0.15) is 0 Å². The number of amides is 2. The zero-order valence-corrected chi connectivity index (χ0v) is 13.4. The predicted molar refractivity (Wildman–Crippen MR) is 90.7 cm³/mol. The van der Waals surface area contributed by atoms with Crippen LogP contribution in [-0.2, 0) is 4.74 Å². The molecule has 2 aromatic rings. The zero-order valence-electron chi connectivity index (χ0n) is 13.4. The van der Waals surface area contributed by atoms with Gasteiger partial charge in [0.2, 0.25) is 5.95 Å². The van der Waals surface area contributed by atoms with E-state index < -0.39 is 0 Å². The average molecular weight is 329 g/mol. The average Bonchev–Trinajstić information content (AvgIpc) is 2.63. The molecule has 2 heterocycles. The van der Waals surface area contributed by atoms with Crippen molar-refractivity contribution < 1.29 is 14.3 Å². The molecule has 2 N–H and O–H groups in total. The van der Waals surface area contributed by atoms with Crippen molar-refractivity contribution in [3.8, 4) is 5.75 Å². The van der Waals surface area contributed by atoms with Gasteiger partial charge >= 0.3 is 6.03 Å². The summed E-state index contributed by atoms with van der Waals surface area (Å²) in [6.07, 6.45) is 3.17. The first-order valence-electron chi connectivity index (χ1n) is 7.62. The molecule has 1 aromatic carbocycles. The Morgan fingerprint density at radius 2 is 1.88 bits per heavy atom. The smallest absolute Gasteiger partial charge is 0.323 e. The molecule has 3 rings (SSSR count). The van der Waals surface area contributed by atoms with E-state index in [9.17, 15) is 4.79 Å². The van der Waals surface area contributed by atoms with Crippen molar-refractivity contribution in [1.82, 2.24) is 9.97 Å². The lowest BCUT2D eigenvalue weighted by molar-refractivity contribution is 0.122. The Labute approximate surface area is 139 Å². The van der Waals surface area contributed by atoms with Gasteiger partial charge < -0.3 is 25.0 Å². The van der Waals surface area contributed by atoms with E-state index in [1.165, 1.54) is 0 Å². The number of carbonyl (C=O) groups excluding carboxylic acids is 1. The van der Waals surface area contributed by atoms with Gasteiger partial charge in [-0.05, 0) is 12.1 Å². The van der Waals surface area contributed by atoms with Crippen LogP contribution in [0.3, 0.4) is 0 Å². The molecule has 0 saturated carbocycles. The van der Waals surface area contributed by atoms with Crippen LogP contribution in [0, 0.1) is 0 Å². The normalized spacial score (nSPS) is 14.1. The van der Waals surface area contributed by atoms with Crippen molar-refractivity contribution in [2.24, 2.45) is 0 Å². The van der Waals surface area contributed by atoms with Gasteiger partial charge in [-0.25, -0.2) is 14.8 Å². The van der Waals surface area contributed by atoms with Crippen LogP contribution in [0.15, 0.2) is 36.7 Å². The Kier molecular flexibility index (Phi) is 5.07. The van der Waals surface area contributed by atoms with E-state index in [0.29, 0.717) is 36.3 Å². The highest BCUT2D eigenvalue weighted by Gasteiger charge is 2.14. The predicted octanol–water partition coefficient (Wildman–Crippen LogP) is 1.97. The summed E-state index contributed by atoms with van der Waals surface area (Å²) in [6, 6.07) is 6.80. The molecule has 1 aromatic heterocycles. The topological polar surface area (TPSA) is 88.6 Å².